The topological polar surface area (TPSA) is 52.6 Å². The zero-order chi connectivity index (χ0) is 12.0. The van der Waals surface area contributed by atoms with Gasteiger partial charge in [-0.15, -0.1) is 0 Å². The summed E-state index contributed by atoms with van der Waals surface area (Å²) in [7, 11) is 1.48. The Morgan fingerprint density at radius 3 is 2.27 bits per heavy atom. The van der Waals surface area contributed by atoms with E-state index in [0.717, 1.165) is 0 Å². The van der Waals surface area contributed by atoms with Gasteiger partial charge < -0.3 is 10.4 Å². The molecular formula is C9H18F2N2O2. The number of nitrogens with one attached hydrogen (secondary N) is 1. The normalized spacial score (nSPS) is 13.9. The summed E-state index contributed by atoms with van der Waals surface area (Å²) in [5.74, 6) is -1.02. The first-order chi connectivity index (χ1) is 6.82. The minimum absolute atomic E-state index is 0.00560. The van der Waals surface area contributed by atoms with Crippen LogP contribution in [0.1, 0.15) is 13.8 Å². The van der Waals surface area contributed by atoms with Gasteiger partial charge in [0.1, 0.15) is 6.04 Å². The molecule has 0 aliphatic rings. The maximum atomic E-state index is 12.0. The van der Waals surface area contributed by atoms with Crippen molar-refractivity contribution >= 4 is 5.97 Å². The molecule has 0 bridgehead atoms. The molecule has 0 aliphatic carbocycles. The number of halogens is 2. The van der Waals surface area contributed by atoms with Crippen LogP contribution in [0.5, 0.6) is 0 Å². The van der Waals surface area contributed by atoms with Crippen LogP contribution >= 0.6 is 0 Å². The number of hydrogen-bond acceptors (Lipinski definition) is 3. The van der Waals surface area contributed by atoms with Crippen molar-refractivity contribution in [1.29, 1.82) is 0 Å². The first kappa shape index (κ1) is 14.2. The Hall–Kier alpha value is -0.750. The Morgan fingerprint density at radius 1 is 1.40 bits per heavy atom. The van der Waals surface area contributed by atoms with Crippen molar-refractivity contribution < 1.29 is 18.7 Å². The van der Waals surface area contributed by atoms with E-state index < -0.39 is 25.0 Å². The maximum Gasteiger partial charge on any atom is 0.322 e. The summed E-state index contributed by atoms with van der Waals surface area (Å²) in [6, 6.07) is -0.806. The van der Waals surface area contributed by atoms with Gasteiger partial charge in [-0.25, -0.2) is 8.78 Å². The minimum atomic E-state index is -2.44. The number of nitrogens with zero attached hydrogens (tertiary/aromatic N) is 1. The van der Waals surface area contributed by atoms with Gasteiger partial charge in [0.25, 0.3) is 6.43 Å². The van der Waals surface area contributed by atoms with Crippen molar-refractivity contribution in [3.05, 3.63) is 0 Å². The summed E-state index contributed by atoms with van der Waals surface area (Å²) < 4.78 is 24.0. The van der Waals surface area contributed by atoms with Crippen LogP contribution in [0.3, 0.4) is 0 Å². The summed E-state index contributed by atoms with van der Waals surface area (Å²) in [5.41, 5.74) is 0. The van der Waals surface area contributed by atoms with Crippen molar-refractivity contribution in [1.82, 2.24) is 10.2 Å². The van der Waals surface area contributed by atoms with Crippen LogP contribution in [0.25, 0.3) is 0 Å². The molecule has 15 heavy (non-hydrogen) atoms. The van der Waals surface area contributed by atoms with Crippen LogP contribution in [0.4, 0.5) is 8.78 Å². The molecule has 90 valence electrons. The van der Waals surface area contributed by atoms with Crippen LogP contribution in [0.15, 0.2) is 0 Å². The van der Waals surface area contributed by atoms with Gasteiger partial charge in [-0.1, -0.05) is 13.8 Å². The van der Waals surface area contributed by atoms with Gasteiger partial charge in [-0.2, -0.15) is 0 Å². The van der Waals surface area contributed by atoms with Crippen LogP contribution in [0, 0.1) is 0 Å². The zero-order valence-corrected chi connectivity index (χ0v) is 9.20. The SMILES string of the molecule is CC(C)NC(CN(C)CC(F)F)C(=O)O. The third-order valence-electron chi connectivity index (χ3n) is 1.78. The number of carboxylic acid groups (broad SMARTS) is 1. The quantitative estimate of drug-likeness (QED) is 0.666. The number of hydrogen-bond donors (Lipinski definition) is 2. The molecule has 2 N–H and O–H groups in total. The largest absolute Gasteiger partial charge is 0.480 e. The minimum Gasteiger partial charge on any atom is -0.480 e. The lowest BCUT2D eigenvalue weighted by Crippen LogP contribution is -2.48. The van der Waals surface area contributed by atoms with Gasteiger partial charge in [0.2, 0.25) is 0 Å². The molecule has 0 heterocycles. The molecule has 1 atom stereocenters. The molecule has 0 spiro atoms. The molecule has 1 unspecified atom stereocenters. The van der Waals surface area contributed by atoms with E-state index in [1.807, 2.05) is 13.8 Å². The van der Waals surface area contributed by atoms with E-state index in [4.69, 9.17) is 5.11 Å². The van der Waals surface area contributed by atoms with Gasteiger partial charge in [0.05, 0.1) is 6.54 Å². The fourth-order valence-electron chi connectivity index (χ4n) is 1.23. The first-order valence-corrected chi connectivity index (χ1v) is 4.78. The van der Waals surface area contributed by atoms with Gasteiger partial charge in [-0.3, -0.25) is 9.69 Å². The van der Waals surface area contributed by atoms with Crippen molar-refractivity contribution in [3.8, 4) is 0 Å². The molecule has 0 aromatic carbocycles. The maximum absolute atomic E-state index is 12.0. The molecule has 6 heteroatoms. The van der Waals surface area contributed by atoms with Crippen LogP contribution in [0.2, 0.25) is 0 Å². The smallest absolute Gasteiger partial charge is 0.322 e. The second-order valence-electron chi connectivity index (χ2n) is 3.82. The van der Waals surface area contributed by atoms with Crippen molar-refractivity contribution in [3.63, 3.8) is 0 Å². The van der Waals surface area contributed by atoms with Gasteiger partial charge in [0, 0.05) is 12.6 Å². The van der Waals surface area contributed by atoms with Gasteiger partial charge >= 0.3 is 5.97 Å². The Morgan fingerprint density at radius 2 is 1.93 bits per heavy atom. The summed E-state index contributed by atoms with van der Waals surface area (Å²) in [5, 5.41) is 11.6. The predicted octanol–water partition coefficient (Wildman–Crippen LogP) is 0.634. The highest BCUT2D eigenvalue weighted by atomic mass is 19.3. The molecule has 0 saturated carbocycles. The van der Waals surface area contributed by atoms with E-state index in [1.165, 1.54) is 11.9 Å². The molecule has 0 aromatic rings. The Kier molecular flexibility index (Phi) is 6.35. The lowest BCUT2D eigenvalue weighted by atomic mass is 10.2. The monoisotopic (exact) mass is 224 g/mol. The van der Waals surface area contributed by atoms with Gasteiger partial charge in [0.15, 0.2) is 0 Å². The van der Waals surface area contributed by atoms with Crippen molar-refractivity contribution in [2.24, 2.45) is 0 Å². The highest BCUT2D eigenvalue weighted by Gasteiger charge is 2.21. The summed E-state index contributed by atoms with van der Waals surface area (Å²) in [6.07, 6.45) is -2.44. The number of likely N-dealkylation sites (N-methyl/N-ethyl adjacent to an activating group) is 1. The van der Waals surface area contributed by atoms with E-state index in [-0.39, 0.29) is 12.6 Å². The van der Waals surface area contributed by atoms with Crippen LogP contribution in [-0.2, 0) is 4.79 Å². The van der Waals surface area contributed by atoms with E-state index in [9.17, 15) is 13.6 Å². The fourth-order valence-corrected chi connectivity index (χ4v) is 1.23. The molecule has 0 aliphatic heterocycles. The van der Waals surface area contributed by atoms with Crippen LogP contribution < -0.4 is 5.32 Å². The number of carbonyl (C=O) groups is 1. The fraction of sp³-hybridized carbons (Fsp3) is 0.889. The van der Waals surface area contributed by atoms with Crippen molar-refractivity contribution in [2.45, 2.75) is 32.4 Å². The van der Waals surface area contributed by atoms with E-state index >= 15 is 0 Å². The van der Waals surface area contributed by atoms with Crippen molar-refractivity contribution in [2.75, 3.05) is 20.1 Å². The predicted molar refractivity (Wildman–Crippen MR) is 53.2 cm³/mol. The first-order valence-electron chi connectivity index (χ1n) is 4.78. The second kappa shape index (κ2) is 6.68. The Balaban J connectivity index is 4.10. The summed E-state index contributed by atoms with van der Waals surface area (Å²) in [4.78, 5) is 12.1. The van der Waals surface area contributed by atoms with E-state index in [1.54, 1.807) is 0 Å². The van der Waals surface area contributed by atoms with Gasteiger partial charge in [-0.05, 0) is 7.05 Å². The third-order valence-corrected chi connectivity index (χ3v) is 1.78. The molecule has 4 nitrogen and oxygen atoms in total. The molecule has 0 rings (SSSR count). The lowest BCUT2D eigenvalue weighted by Gasteiger charge is -2.23. The molecule has 0 fully saturated rings. The number of alkyl halides is 2. The molecular weight excluding hydrogens is 206 g/mol. The van der Waals surface area contributed by atoms with Crippen LogP contribution in [-0.4, -0.2) is 54.6 Å². The second-order valence-corrected chi connectivity index (χ2v) is 3.82. The van der Waals surface area contributed by atoms with E-state index in [2.05, 4.69) is 5.32 Å². The average molecular weight is 224 g/mol. The summed E-state index contributed by atoms with van der Waals surface area (Å²) in [6.45, 7) is 3.27. The summed E-state index contributed by atoms with van der Waals surface area (Å²) >= 11 is 0. The standard InChI is InChI=1S/C9H18F2N2O2/c1-6(2)12-7(9(14)15)4-13(3)5-8(10)11/h6-8,12H,4-5H2,1-3H3,(H,14,15). The highest BCUT2D eigenvalue weighted by Crippen LogP contribution is 1.98. The average Bonchev–Trinajstić information content (AvgIpc) is 1.99. The zero-order valence-electron chi connectivity index (χ0n) is 9.20. The molecule has 0 amide bonds. The molecule has 0 radical (unpaired) electrons. The molecule has 0 saturated heterocycles. The Labute approximate surface area is 88.3 Å². The Bertz CT molecular complexity index is 201. The molecule has 0 aromatic heterocycles. The number of carboxylic acids is 1. The van der Waals surface area contributed by atoms with E-state index in [0.29, 0.717) is 0 Å². The highest BCUT2D eigenvalue weighted by molar-refractivity contribution is 5.73. The number of rotatable bonds is 7. The lowest BCUT2D eigenvalue weighted by molar-refractivity contribution is -0.140. The third kappa shape index (κ3) is 7.21. The number of aliphatic carboxylic acids is 1.